The maximum Gasteiger partial charge on any atom is 0.341 e. The molecule has 0 aliphatic rings. The summed E-state index contributed by atoms with van der Waals surface area (Å²) in [5, 5.41) is 1.24. The monoisotopic (exact) mass is 892 g/mol. The van der Waals surface area contributed by atoms with Gasteiger partial charge in [0, 0.05) is 45.8 Å². The molecule has 6 aromatic heterocycles. The molecule has 0 aliphatic carbocycles. The van der Waals surface area contributed by atoms with E-state index in [9.17, 15) is 19.2 Å². The van der Waals surface area contributed by atoms with E-state index in [1.165, 1.54) is 22.7 Å². The van der Waals surface area contributed by atoms with E-state index in [1.807, 2.05) is 95.7 Å². The van der Waals surface area contributed by atoms with Crippen molar-refractivity contribution in [2.24, 2.45) is 0 Å². The molecule has 0 amide bonds. The molecule has 0 fully saturated rings. The van der Waals surface area contributed by atoms with Gasteiger partial charge in [-0.05, 0) is 74.2 Å². The van der Waals surface area contributed by atoms with E-state index in [0.29, 0.717) is 65.3 Å². The van der Waals surface area contributed by atoms with Crippen LogP contribution < -0.4 is 0 Å². The highest BCUT2D eigenvalue weighted by Gasteiger charge is 2.31. The fraction of sp³-hybridized carbons (Fsp3) is 0.160. The Balaban J connectivity index is 1.07. The second kappa shape index (κ2) is 17.5. The number of aryl methyl sites for hydroxylation is 2. The van der Waals surface area contributed by atoms with Crippen LogP contribution in [0.1, 0.15) is 87.3 Å². The summed E-state index contributed by atoms with van der Waals surface area (Å²) in [5.41, 5.74) is 9.16. The Labute approximate surface area is 374 Å². The quantitative estimate of drug-likeness (QED) is 0.0605. The topological polar surface area (TPSA) is 95.6 Å². The molecule has 0 spiro atoms. The number of carbonyl (C=O) groups is 4. The highest BCUT2D eigenvalue weighted by Crippen LogP contribution is 2.47. The van der Waals surface area contributed by atoms with Gasteiger partial charge in [0.15, 0.2) is 0 Å². The lowest BCUT2D eigenvalue weighted by molar-refractivity contribution is 0.0521. The number of pyridine rings is 2. The van der Waals surface area contributed by atoms with Gasteiger partial charge in [0.25, 0.3) is 0 Å². The third kappa shape index (κ3) is 7.55. The SMILES string of the molecule is CCOC(=O)c1c2c(C(=O)c3ccccc3)sc(SCc3cccc(CSc4sc(C(=O)c5ccccc5)c5c(C(=O)OCC)c6cc(C)ccn6c45)c3)c2n2ccc(C)cc12. The van der Waals surface area contributed by atoms with Crippen molar-refractivity contribution in [2.45, 2.75) is 47.6 Å². The van der Waals surface area contributed by atoms with Crippen molar-refractivity contribution < 1.29 is 28.7 Å². The second-order valence-electron chi connectivity index (χ2n) is 14.8. The maximum absolute atomic E-state index is 14.2. The molecule has 0 N–H and O–H groups in total. The van der Waals surface area contributed by atoms with Gasteiger partial charge in [-0.1, -0.05) is 84.9 Å². The summed E-state index contributed by atoms with van der Waals surface area (Å²) < 4.78 is 17.1. The van der Waals surface area contributed by atoms with Gasteiger partial charge in [-0.2, -0.15) is 0 Å². The van der Waals surface area contributed by atoms with Crippen molar-refractivity contribution in [3.05, 3.63) is 176 Å². The smallest absolute Gasteiger partial charge is 0.341 e. The Morgan fingerprint density at radius 1 is 0.548 bits per heavy atom. The lowest BCUT2D eigenvalue weighted by atomic mass is 10.1. The molecule has 0 bridgehead atoms. The van der Waals surface area contributed by atoms with Crippen molar-refractivity contribution in [1.29, 1.82) is 0 Å². The number of fused-ring (bicyclic) bond motifs is 6. The van der Waals surface area contributed by atoms with Crippen LogP contribution in [0.4, 0.5) is 0 Å². The Morgan fingerprint density at radius 2 is 0.968 bits per heavy atom. The lowest BCUT2D eigenvalue weighted by Gasteiger charge is -2.07. The van der Waals surface area contributed by atoms with Crippen LogP contribution in [0.25, 0.3) is 32.8 Å². The van der Waals surface area contributed by atoms with E-state index in [1.54, 1.807) is 61.6 Å². The van der Waals surface area contributed by atoms with Crippen LogP contribution in [-0.4, -0.2) is 45.5 Å². The fourth-order valence-electron chi connectivity index (χ4n) is 7.83. The molecule has 0 aliphatic heterocycles. The summed E-state index contributed by atoms with van der Waals surface area (Å²) in [6.45, 7) is 7.97. The number of nitrogens with zero attached hydrogens (tertiary/aromatic N) is 2. The van der Waals surface area contributed by atoms with Gasteiger partial charge in [-0.15, -0.1) is 46.2 Å². The number of hydrogen-bond donors (Lipinski definition) is 0. The highest BCUT2D eigenvalue weighted by molar-refractivity contribution is 8.01. The van der Waals surface area contributed by atoms with Crippen molar-refractivity contribution in [1.82, 2.24) is 8.80 Å². The molecule has 0 saturated carbocycles. The van der Waals surface area contributed by atoms with Crippen LogP contribution >= 0.6 is 46.2 Å². The number of rotatable bonds is 14. The Bertz CT molecular complexity index is 3000. The molecule has 0 radical (unpaired) electrons. The van der Waals surface area contributed by atoms with E-state index in [0.717, 1.165) is 41.7 Å². The molecule has 12 heteroatoms. The number of benzene rings is 3. The second-order valence-corrected chi connectivity index (χ2v) is 19.3. The number of carbonyl (C=O) groups excluding carboxylic acids is 4. The molecule has 9 rings (SSSR count). The summed E-state index contributed by atoms with van der Waals surface area (Å²) in [6.07, 6.45) is 3.93. The van der Waals surface area contributed by atoms with Crippen LogP contribution in [0.3, 0.4) is 0 Å². The molecule has 0 saturated heterocycles. The first-order chi connectivity index (χ1) is 30.2. The minimum atomic E-state index is -0.452. The molecule has 6 heterocycles. The predicted molar refractivity (Wildman–Crippen MR) is 252 cm³/mol. The van der Waals surface area contributed by atoms with Gasteiger partial charge in [-0.3, -0.25) is 9.59 Å². The first-order valence-corrected chi connectivity index (χ1v) is 23.8. The minimum absolute atomic E-state index is 0.138. The summed E-state index contributed by atoms with van der Waals surface area (Å²) in [7, 11) is 0. The number of hydrogen-bond acceptors (Lipinski definition) is 10. The van der Waals surface area contributed by atoms with Crippen LogP contribution in [0, 0.1) is 13.8 Å². The van der Waals surface area contributed by atoms with Gasteiger partial charge < -0.3 is 18.3 Å². The molecular formula is C50H40N2O6S4. The van der Waals surface area contributed by atoms with Crippen molar-refractivity contribution in [3.8, 4) is 0 Å². The van der Waals surface area contributed by atoms with Crippen LogP contribution in [0.5, 0.6) is 0 Å². The molecule has 62 heavy (non-hydrogen) atoms. The van der Waals surface area contributed by atoms with Crippen LogP contribution in [0.2, 0.25) is 0 Å². The van der Waals surface area contributed by atoms with Crippen molar-refractivity contribution in [3.63, 3.8) is 0 Å². The first-order valence-electron chi connectivity index (χ1n) is 20.2. The van der Waals surface area contributed by atoms with E-state index in [-0.39, 0.29) is 24.8 Å². The summed E-state index contributed by atoms with van der Waals surface area (Å²) >= 11 is 6.11. The van der Waals surface area contributed by atoms with Crippen molar-refractivity contribution in [2.75, 3.05) is 13.2 Å². The molecule has 8 nitrogen and oxygen atoms in total. The number of esters is 2. The minimum Gasteiger partial charge on any atom is -0.462 e. The molecule has 310 valence electrons. The van der Waals surface area contributed by atoms with E-state index in [2.05, 4.69) is 24.3 Å². The zero-order valence-electron chi connectivity index (χ0n) is 34.4. The van der Waals surface area contributed by atoms with Gasteiger partial charge >= 0.3 is 11.9 Å². The van der Waals surface area contributed by atoms with Gasteiger partial charge in [0.2, 0.25) is 11.6 Å². The molecule has 0 unspecified atom stereocenters. The number of ketones is 2. The normalized spacial score (nSPS) is 11.5. The number of thiophene rings is 2. The average Bonchev–Trinajstić information content (AvgIpc) is 4.02. The van der Waals surface area contributed by atoms with E-state index in [4.69, 9.17) is 9.47 Å². The number of aromatic nitrogens is 2. The standard InChI is InChI=1S/C50H40N2O6S4/c1-5-57-47(55)37-35-24-29(3)20-22-51(35)41-39(37)45(43(53)33-16-9-7-10-17-33)61-49(41)59-27-31-14-13-15-32(26-31)28-60-50-42-40(46(62-50)44(54)34-18-11-8-12-19-34)38(48(56)58-6-2)36-25-30(4)21-23-52(36)42/h7-26H,5-6,27-28H2,1-4H3. The molecule has 0 atom stereocenters. The van der Waals surface area contributed by atoms with E-state index < -0.39 is 11.9 Å². The fourth-order valence-corrected chi connectivity index (χ4v) is 12.8. The maximum atomic E-state index is 14.2. The molecule has 9 aromatic rings. The summed E-state index contributed by atoms with van der Waals surface area (Å²) in [4.78, 5) is 56.7. The van der Waals surface area contributed by atoms with Crippen LogP contribution in [0.15, 0.2) is 130 Å². The predicted octanol–water partition coefficient (Wildman–Crippen LogP) is 12.6. The van der Waals surface area contributed by atoms with Gasteiger partial charge in [0.1, 0.15) is 0 Å². The third-order valence-corrected chi connectivity index (χ3v) is 15.6. The largest absolute Gasteiger partial charge is 0.462 e. The van der Waals surface area contributed by atoms with Crippen LogP contribution in [-0.2, 0) is 21.0 Å². The highest BCUT2D eigenvalue weighted by atomic mass is 32.2. The number of ether oxygens (including phenoxy) is 2. The zero-order chi connectivity index (χ0) is 43.1. The van der Waals surface area contributed by atoms with Crippen molar-refractivity contribution >= 4 is 103 Å². The molecular weight excluding hydrogens is 853 g/mol. The Kier molecular flexibility index (Phi) is 11.7. The lowest BCUT2D eigenvalue weighted by Crippen LogP contribution is -2.06. The Hall–Kier alpha value is -5.92. The summed E-state index contributed by atoms with van der Waals surface area (Å²) in [6, 6.07) is 34.7. The Morgan fingerprint density at radius 3 is 1.37 bits per heavy atom. The zero-order valence-corrected chi connectivity index (χ0v) is 37.6. The average molecular weight is 893 g/mol. The first kappa shape index (κ1) is 41.4. The van der Waals surface area contributed by atoms with E-state index >= 15 is 0 Å². The summed E-state index contributed by atoms with van der Waals surface area (Å²) in [5.74, 6) is 0.0543. The van der Waals surface area contributed by atoms with Gasteiger partial charge in [-0.25, -0.2) is 9.59 Å². The third-order valence-electron chi connectivity index (χ3n) is 10.6. The number of thioether (sulfide) groups is 2. The van der Waals surface area contributed by atoms with Gasteiger partial charge in [0.05, 0.1) is 64.6 Å². The molecule has 3 aromatic carbocycles.